The van der Waals surface area contributed by atoms with Crippen LogP contribution in [0.2, 0.25) is 0 Å². The van der Waals surface area contributed by atoms with Crippen LogP contribution >= 0.6 is 15.9 Å². The number of hydrogen-bond donors (Lipinski definition) is 1. The average Bonchev–Trinajstić information content (AvgIpc) is 2.77. The van der Waals surface area contributed by atoms with Gasteiger partial charge in [-0.05, 0) is 54.3 Å². The second-order valence-electron chi connectivity index (χ2n) is 7.57. The van der Waals surface area contributed by atoms with Crippen molar-refractivity contribution in [2.75, 3.05) is 31.6 Å². The number of nitrogens with one attached hydrogen (secondary N) is 1. The smallest absolute Gasteiger partial charge is 0.224 e. The predicted octanol–water partition coefficient (Wildman–Crippen LogP) is 4.09. The van der Waals surface area contributed by atoms with Crippen LogP contribution in [0.4, 0.5) is 5.69 Å². The van der Waals surface area contributed by atoms with Gasteiger partial charge in [-0.25, -0.2) is 0 Å². The first kappa shape index (κ1) is 20.9. The Morgan fingerprint density at radius 2 is 2.03 bits per heavy atom. The van der Waals surface area contributed by atoms with Crippen LogP contribution in [-0.4, -0.2) is 43.0 Å². The zero-order valence-corrected chi connectivity index (χ0v) is 18.3. The van der Waals surface area contributed by atoms with Crippen LogP contribution in [0.3, 0.4) is 0 Å². The van der Waals surface area contributed by atoms with Gasteiger partial charge >= 0.3 is 0 Å². The summed E-state index contributed by atoms with van der Waals surface area (Å²) in [5.74, 6) is 0.969. The molecule has 2 heterocycles. The standard InChI is InChI=1S/C23H25BrN2O4/c24-18-6-3-16(4-7-18)21-15-26(11-13-30-21)23(28)2-1-12-29-19-8-9-20-17(14-19)5-10-22(27)25-20/h3-4,6-9,14,21H,1-2,5,10-13,15H2,(H,25,27). The Bertz CT molecular complexity index is 916. The van der Waals surface area contributed by atoms with Crippen LogP contribution in [0.1, 0.15) is 36.5 Å². The third-order valence-corrected chi connectivity index (χ3v) is 5.97. The van der Waals surface area contributed by atoms with Gasteiger partial charge in [-0.3, -0.25) is 9.59 Å². The molecule has 1 N–H and O–H groups in total. The van der Waals surface area contributed by atoms with Gasteiger partial charge in [0.15, 0.2) is 0 Å². The summed E-state index contributed by atoms with van der Waals surface area (Å²) >= 11 is 3.44. The fourth-order valence-electron chi connectivity index (χ4n) is 3.78. The van der Waals surface area contributed by atoms with E-state index in [0.29, 0.717) is 45.6 Å². The summed E-state index contributed by atoms with van der Waals surface area (Å²) in [4.78, 5) is 26.0. The number of anilines is 1. The molecular weight excluding hydrogens is 448 g/mol. The lowest BCUT2D eigenvalue weighted by atomic mass is 10.0. The number of amides is 2. The fourth-order valence-corrected chi connectivity index (χ4v) is 4.04. The van der Waals surface area contributed by atoms with Crippen LogP contribution in [0.25, 0.3) is 0 Å². The number of nitrogens with zero attached hydrogens (tertiary/aromatic N) is 1. The van der Waals surface area contributed by atoms with E-state index in [0.717, 1.165) is 33.5 Å². The molecule has 1 saturated heterocycles. The van der Waals surface area contributed by atoms with Crippen molar-refractivity contribution in [1.29, 1.82) is 0 Å². The molecule has 0 saturated carbocycles. The van der Waals surface area contributed by atoms with Crippen molar-refractivity contribution in [3.63, 3.8) is 0 Å². The monoisotopic (exact) mass is 472 g/mol. The molecule has 0 aliphatic carbocycles. The fraction of sp³-hybridized carbons (Fsp3) is 0.391. The number of rotatable bonds is 6. The van der Waals surface area contributed by atoms with Crippen LogP contribution < -0.4 is 10.1 Å². The zero-order valence-electron chi connectivity index (χ0n) is 16.7. The summed E-state index contributed by atoms with van der Waals surface area (Å²) in [7, 11) is 0. The molecule has 0 bridgehead atoms. The van der Waals surface area contributed by atoms with Crippen molar-refractivity contribution >= 4 is 33.4 Å². The van der Waals surface area contributed by atoms with Gasteiger partial charge in [-0.1, -0.05) is 28.1 Å². The summed E-state index contributed by atoms with van der Waals surface area (Å²) < 4.78 is 12.7. The molecule has 7 heteroatoms. The summed E-state index contributed by atoms with van der Waals surface area (Å²) in [6, 6.07) is 13.7. The Balaban J connectivity index is 1.23. The molecule has 1 fully saturated rings. The first-order valence-corrected chi connectivity index (χ1v) is 11.1. The van der Waals surface area contributed by atoms with Crippen LogP contribution in [0.15, 0.2) is 46.9 Å². The molecule has 2 amide bonds. The van der Waals surface area contributed by atoms with Crippen molar-refractivity contribution < 1.29 is 19.1 Å². The highest BCUT2D eigenvalue weighted by molar-refractivity contribution is 9.10. The number of ether oxygens (including phenoxy) is 2. The Kier molecular flexibility index (Phi) is 6.69. The molecule has 158 valence electrons. The molecule has 1 unspecified atom stereocenters. The van der Waals surface area contributed by atoms with E-state index in [-0.39, 0.29) is 17.9 Å². The normalized spacial score (nSPS) is 18.5. The second-order valence-corrected chi connectivity index (χ2v) is 8.49. The lowest BCUT2D eigenvalue weighted by molar-refractivity contribution is -0.139. The van der Waals surface area contributed by atoms with Gasteiger partial charge in [0.25, 0.3) is 0 Å². The summed E-state index contributed by atoms with van der Waals surface area (Å²) in [6.07, 6.45) is 2.27. The molecule has 2 aliphatic heterocycles. The molecule has 2 aromatic carbocycles. The highest BCUT2D eigenvalue weighted by atomic mass is 79.9. The molecule has 2 aromatic rings. The van der Waals surface area contributed by atoms with E-state index >= 15 is 0 Å². The van der Waals surface area contributed by atoms with Gasteiger partial charge < -0.3 is 19.7 Å². The van der Waals surface area contributed by atoms with E-state index in [1.807, 2.05) is 47.4 Å². The second kappa shape index (κ2) is 9.62. The van der Waals surface area contributed by atoms with Crippen molar-refractivity contribution in [1.82, 2.24) is 4.90 Å². The minimum absolute atomic E-state index is 0.0557. The number of hydrogen-bond acceptors (Lipinski definition) is 4. The minimum Gasteiger partial charge on any atom is -0.494 e. The summed E-state index contributed by atoms with van der Waals surface area (Å²) in [6.45, 7) is 2.24. The predicted molar refractivity (Wildman–Crippen MR) is 118 cm³/mol. The van der Waals surface area contributed by atoms with Gasteiger partial charge in [0.2, 0.25) is 11.8 Å². The van der Waals surface area contributed by atoms with Gasteiger partial charge in [-0.15, -0.1) is 0 Å². The maximum Gasteiger partial charge on any atom is 0.224 e. The number of carbonyl (C=O) groups excluding carboxylic acids is 2. The van der Waals surface area contributed by atoms with E-state index < -0.39 is 0 Å². The molecule has 0 radical (unpaired) electrons. The molecular formula is C23H25BrN2O4. The maximum atomic E-state index is 12.6. The zero-order chi connectivity index (χ0) is 20.9. The number of morpholine rings is 1. The third kappa shape index (κ3) is 5.21. The van der Waals surface area contributed by atoms with Gasteiger partial charge in [0.1, 0.15) is 11.9 Å². The SMILES string of the molecule is O=C1CCc2cc(OCCCC(=O)N3CCOC(c4ccc(Br)cc4)C3)ccc2N1. The number of fused-ring (bicyclic) bond motifs is 1. The Morgan fingerprint density at radius 3 is 2.87 bits per heavy atom. The van der Waals surface area contributed by atoms with E-state index in [1.165, 1.54) is 0 Å². The van der Waals surface area contributed by atoms with E-state index in [1.54, 1.807) is 0 Å². The Hall–Kier alpha value is -2.38. The largest absolute Gasteiger partial charge is 0.494 e. The maximum absolute atomic E-state index is 12.6. The third-order valence-electron chi connectivity index (χ3n) is 5.44. The number of benzene rings is 2. The highest BCUT2D eigenvalue weighted by Gasteiger charge is 2.25. The Labute approximate surface area is 184 Å². The molecule has 30 heavy (non-hydrogen) atoms. The van der Waals surface area contributed by atoms with Gasteiger partial charge in [0, 0.05) is 29.5 Å². The lowest BCUT2D eigenvalue weighted by Crippen LogP contribution is -2.42. The molecule has 4 rings (SSSR count). The lowest BCUT2D eigenvalue weighted by Gasteiger charge is -2.33. The minimum atomic E-state index is -0.0805. The van der Waals surface area contributed by atoms with E-state index in [4.69, 9.17) is 9.47 Å². The molecule has 6 nitrogen and oxygen atoms in total. The topological polar surface area (TPSA) is 67.9 Å². The van der Waals surface area contributed by atoms with Crippen molar-refractivity contribution in [3.8, 4) is 5.75 Å². The van der Waals surface area contributed by atoms with Crippen molar-refractivity contribution in [3.05, 3.63) is 58.1 Å². The quantitative estimate of drug-likeness (QED) is 0.642. The molecule has 0 aromatic heterocycles. The number of halogens is 1. The van der Waals surface area contributed by atoms with Gasteiger partial charge in [0.05, 0.1) is 19.8 Å². The van der Waals surface area contributed by atoms with E-state index in [2.05, 4.69) is 21.2 Å². The Morgan fingerprint density at radius 1 is 1.20 bits per heavy atom. The van der Waals surface area contributed by atoms with Crippen LogP contribution in [0, 0.1) is 0 Å². The first-order chi connectivity index (χ1) is 14.6. The van der Waals surface area contributed by atoms with E-state index in [9.17, 15) is 9.59 Å². The highest BCUT2D eigenvalue weighted by Crippen LogP contribution is 2.27. The molecule has 0 spiro atoms. The van der Waals surface area contributed by atoms with Crippen LogP contribution in [-0.2, 0) is 20.7 Å². The van der Waals surface area contributed by atoms with Crippen LogP contribution in [0.5, 0.6) is 5.75 Å². The summed E-state index contributed by atoms with van der Waals surface area (Å²) in [5.41, 5.74) is 3.04. The molecule has 1 atom stereocenters. The number of carbonyl (C=O) groups is 2. The van der Waals surface area contributed by atoms with Crippen molar-refractivity contribution in [2.45, 2.75) is 31.8 Å². The first-order valence-electron chi connectivity index (χ1n) is 10.3. The number of aryl methyl sites for hydroxylation is 1. The molecule has 2 aliphatic rings. The summed E-state index contributed by atoms with van der Waals surface area (Å²) in [5, 5.41) is 2.87. The van der Waals surface area contributed by atoms with Crippen molar-refractivity contribution in [2.24, 2.45) is 0 Å². The van der Waals surface area contributed by atoms with Gasteiger partial charge in [-0.2, -0.15) is 0 Å². The average molecular weight is 473 g/mol.